The minimum Gasteiger partial charge on any atom is -0.490 e. The van der Waals surface area contributed by atoms with Gasteiger partial charge in [-0.15, -0.1) is 0 Å². The summed E-state index contributed by atoms with van der Waals surface area (Å²) in [6.07, 6.45) is -1.40. The predicted molar refractivity (Wildman–Crippen MR) is 65.8 cm³/mol. The molecule has 0 unspecified atom stereocenters. The van der Waals surface area contributed by atoms with E-state index in [0.29, 0.717) is 18.1 Å². The summed E-state index contributed by atoms with van der Waals surface area (Å²) in [5.74, 6) is 0.0131. The third-order valence-corrected chi connectivity index (χ3v) is 2.29. The number of amides is 1. The number of rotatable bonds is 5. The normalized spacial score (nSPS) is 12.3. The first-order valence-corrected chi connectivity index (χ1v) is 5.78. The maximum Gasteiger partial charge on any atom is 0.405 e. The fraction of sp³-hybridized carbons (Fsp3) is 0.462. The summed E-state index contributed by atoms with van der Waals surface area (Å²) in [6.45, 7) is 6.02. The van der Waals surface area contributed by atoms with Gasteiger partial charge in [0, 0.05) is 0 Å². The third-order valence-electron chi connectivity index (χ3n) is 2.29. The second kappa shape index (κ2) is 6.23. The van der Waals surface area contributed by atoms with Crippen molar-refractivity contribution in [2.24, 2.45) is 11.7 Å². The van der Waals surface area contributed by atoms with Gasteiger partial charge in [-0.05, 0) is 30.5 Å². The Kier molecular flexibility index (Phi) is 4.95. The van der Waals surface area contributed by atoms with Gasteiger partial charge in [0.15, 0.2) is 11.6 Å². The molecule has 0 heterocycles. The SMILES string of the molecule is CC(C)COc1cc([C@@H](C)OC(N)=O)ccc1F. The highest BCUT2D eigenvalue weighted by atomic mass is 19.1. The minimum atomic E-state index is -0.864. The Morgan fingerprint density at radius 2 is 2.06 bits per heavy atom. The number of nitrogens with two attached hydrogens (primary N) is 1. The zero-order valence-corrected chi connectivity index (χ0v) is 10.8. The van der Waals surface area contributed by atoms with Crippen LogP contribution in [-0.2, 0) is 4.74 Å². The number of hydrogen-bond acceptors (Lipinski definition) is 3. The van der Waals surface area contributed by atoms with Crippen molar-refractivity contribution in [3.63, 3.8) is 0 Å². The topological polar surface area (TPSA) is 61.6 Å². The number of halogens is 1. The van der Waals surface area contributed by atoms with Crippen LogP contribution in [-0.4, -0.2) is 12.7 Å². The lowest BCUT2D eigenvalue weighted by atomic mass is 10.1. The molecule has 0 saturated heterocycles. The molecule has 0 fully saturated rings. The van der Waals surface area contributed by atoms with E-state index in [9.17, 15) is 9.18 Å². The first-order chi connectivity index (χ1) is 8.40. The number of ether oxygens (including phenoxy) is 2. The van der Waals surface area contributed by atoms with Gasteiger partial charge in [-0.2, -0.15) is 0 Å². The van der Waals surface area contributed by atoms with Crippen molar-refractivity contribution in [2.45, 2.75) is 26.9 Å². The quantitative estimate of drug-likeness (QED) is 0.879. The van der Waals surface area contributed by atoms with E-state index < -0.39 is 18.0 Å². The van der Waals surface area contributed by atoms with Crippen LogP contribution in [0, 0.1) is 11.7 Å². The molecule has 100 valence electrons. The van der Waals surface area contributed by atoms with E-state index in [2.05, 4.69) is 0 Å². The van der Waals surface area contributed by atoms with Crippen LogP contribution in [0.5, 0.6) is 5.75 Å². The van der Waals surface area contributed by atoms with Crippen molar-refractivity contribution in [2.75, 3.05) is 6.61 Å². The van der Waals surface area contributed by atoms with Crippen molar-refractivity contribution in [1.82, 2.24) is 0 Å². The molecule has 2 N–H and O–H groups in total. The summed E-state index contributed by atoms with van der Waals surface area (Å²) in [4.78, 5) is 10.6. The monoisotopic (exact) mass is 255 g/mol. The Morgan fingerprint density at radius 1 is 1.39 bits per heavy atom. The highest BCUT2D eigenvalue weighted by Crippen LogP contribution is 2.25. The van der Waals surface area contributed by atoms with Crippen molar-refractivity contribution in [3.8, 4) is 5.75 Å². The predicted octanol–water partition coefficient (Wildman–Crippen LogP) is 3.02. The molecule has 5 heteroatoms. The standard InChI is InChI=1S/C13H18FNO3/c1-8(2)7-17-12-6-10(4-5-11(12)14)9(3)18-13(15)16/h4-6,8-9H,7H2,1-3H3,(H2,15,16)/t9-/m1/s1. The average Bonchev–Trinajstić information content (AvgIpc) is 2.26. The second-order valence-electron chi connectivity index (χ2n) is 4.47. The fourth-order valence-corrected chi connectivity index (χ4v) is 1.38. The van der Waals surface area contributed by atoms with E-state index in [1.807, 2.05) is 13.8 Å². The molecule has 0 saturated carbocycles. The molecule has 0 aromatic heterocycles. The van der Waals surface area contributed by atoms with E-state index in [4.69, 9.17) is 15.2 Å². The van der Waals surface area contributed by atoms with E-state index in [1.165, 1.54) is 18.2 Å². The number of primary amides is 1. The highest BCUT2D eigenvalue weighted by molar-refractivity contribution is 5.65. The minimum absolute atomic E-state index is 0.154. The number of carbonyl (C=O) groups is 1. The summed E-state index contributed by atoms with van der Waals surface area (Å²) < 4.78 is 23.7. The summed E-state index contributed by atoms with van der Waals surface area (Å²) in [7, 11) is 0. The second-order valence-corrected chi connectivity index (χ2v) is 4.47. The Balaban J connectivity index is 2.82. The van der Waals surface area contributed by atoms with Crippen molar-refractivity contribution < 1.29 is 18.7 Å². The molecule has 1 amide bonds. The van der Waals surface area contributed by atoms with E-state index >= 15 is 0 Å². The Morgan fingerprint density at radius 3 is 2.61 bits per heavy atom. The van der Waals surface area contributed by atoms with Gasteiger partial charge >= 0.3 is 6.09 Å². The highest BCUT2D eigenvalue weighted by Gasteiger charge is 2.13. The van der Waals surface area contributed by atoms with Gasteiger partial charge in [0.2, 0.25) is 0 Å². The molecule has 1 aromatic rings. The maximum absolute atomic E-state index is 13.5. The molecule has 0 aliphatic rings. The van der Waals surface area contributed by atoms with Gasteiger partial charge in [0.25, 0.3) is 0 Å². The molecule has 0 spiro atoms. The average molecular weight is 255 g/mol. The van der Waals surface area contributed by atoms with Crippen LogP contribution in [0.1, 0.15) is 32.4 Å². The molecule has 1 rings (SSSR count). The number of benzene rings is 1. The molecule has 1 atom stereocenters. The van der Waals surface area contributed by atoms with E-state index in [-0.39, 0.29) is 5.75 Å². The molecular weight excluding hydrogens is 237 g/mol. The molecule has 1 aromatic carbocycles. The van der Waals surface area contributed by atoms with Crippen LogP contribution in [0.3, 0.4) is 0 Å². The van der Waals surface area contributed by atoms with Crippen LogP contribution < -0.4 is 10.5 Å². The van der Waals surface area contributed by atoms with Gasteiger partial charge in [-0.25, -0.2) is 9.18 Å². The molecule has 0 aliphatic heterocycles. The lowest BCUT2D eigenvalue weighted by molar-refractivity contribution is 0.116. The molecule has 0 aliphatic carbocycles. The maximum atomic E-state index is 13.5. The van der Waals surface area contributed by atoms with Crippen LogP contribution >= 0.6 is 0 Å². The van der Waals surface area contributed by atoms with Crippen LogP contribution in [0.25, 0.3) is 0 Å². The zero-order chi connectivity index (χ0) is 13.7. The Hall–Kier alpha value is -1.78. The third kappa shape index (κ3) is 4.24. The van der Waals surface area contributed by atoms with Gasteiger partial charge in [-0.3, -0.25) is 0 Å². The molecule has 4 nitrogen and oxygen atoms in total. The van der Waals surface area contributed by atoms with E-state index in [0.717, 1.165) is 0 Å². The van der Waals surface area contributed by atoms with Gasteiger partial charge < -0.3 is 15.2 Å². The molecular formula is C13H18FNO3. The summed E-state index contributed by atoms with van der Waals surface area (Å²) in [5.41, 5.74) is 5.56. The van der Waals surface area contributed by atoms with Crippen LogP contribution in [0.2, 0.25) is 0 Å². The Labute approximate surface area is 106 Å². The first kappa shape index (κ1) is 14.3. The number of hydrogen-bond donors (Lipinski definition) is 1. The van der Waals surface area contributed by atoms with Crippen molar-refractivity contribution in [1.29, 1.82) is 0 Å². The number of carbonyl (C=O) groups excluding carboxylic acids is 1. The van der Waals surface area contributed by atoms with Crippen molar-refractivity contribution >= 4 is 6.09 Å². The van der Waals surface area contributed by atoms with Gasteiger partial charge in [-0.1, -0.05) is 19.9 Å². The van der Waals surface area contributed by atoms with E-state index in [1.54, 1.807) is 6.92 Å². The lowest BCUT2D eigenvalue weighted by Crippen LogP contribution is -2.15. The largest absolute Gasteiger partial charge is 0.490 e. The molecule has 18 heavy (non-hydrogen) atoms. The summed E-state index contributed by atoms with van der Waals surface area (Å²) >= 11 is 0. The molecule has 0 radical (unpaired) electrons. The van der Waals surface area contributed by atoms with Crippen molar-refractivity contribution in [3.05, 3.63) is 29.6 Å². The van der Waals surface area contributed by atoms with Gasteiger partial charge in [0.1, 0.15) is 6.10 Å². The zero-order valence-electron chi connectivity index (χ0n) is 10.8. The van der Waals surface area contributed by atoms with Crippen LogP contribution in [0.4, 0.5) is 9.18 Å². The van der Waals surface area contributed by atoms with Gasteiger partial charge in [0.05, 0.1) is 6.61 Å². The van der Waals surface area contributed by atoms with Crippen LogP contribution in [0.15, 0.2) is 18.2 Å². The summed E-state index contributed by atoms with van der Waals surface area (Å²) in [6, 6.07) is 4.34. The lowest BCUT2D eigenvalue weighted by Gasteiger charge is -2.14. The first-order valence-electron chi connectivity index (χ1n) is 5.78. The smallest absolute Gasteiger partial charge is 0.405 e. The Bertz CT molecular complexity index is 421. The molecule has 0 bridgehead atoms. The fourth-order valence-electron chi connectivity index (χ4n) is 1.38. The summed E-state index contributed by atoms with van der Waals surface area (Å²) in [5, 5.41) is 0.